The fourth-order valence-corrected chi connectivity index (χ4v) is 4.71. The number of aromatic nitrogens is 2. The van der Waals surface area contributed by atoms with Gasteiger partial charge in [-0.25, -0.2) is 9.37 Å². The second-order valence-electron chi connectivity index (χ2n) is 9.56. The van der Waals surface area contributed by atoms with Crippen molar-refractivity contribution in [2.45, 2.75) is 32.7 Å². The molecule has 37 heavy (non-hydrogen) atoms. The smallest absolute Gasteiger partial charge is 0.254 e. The Hall–Kier alpha value is -3.88. The SMILES string of the molecule is COc1cc(OC)cc(C(=O)N2CCc3nc(N4CCC(C)CC4)nc(Oc4ccc(F)cc4)c3C2)c1. The standard InChI is InChI=1S/C28H31FN4O4/c1-18-8-11-32(12-9-18)28-30-25-10-13-33(27(34)19-14-22(35-2)16-23(15-19)36-3)17-24(25)26(31-28)37-21-6-4-20(29)5-7-21/h4-7,14-16,18H,8-13,17H2,1-3H3. The molecule has 0 radical (unpaired) electrons. The Labute approximate surface area is 216 Å². The molecule has 194 valence electrons. The summed E-state index contributed by atoms with van der Waals surface area (Å²) >= 11 is 0. The number of hydrogen-bond donors (Lipinski definition) is 0. The molecule has 3 aromatic rings. The van der Waals surface area contributed by atoms with Crippen LogP contribution < -0.4 is 19.1 Å². The lowest BCUT2D eigenvalue weighted by molar-refractivity contribution is 0.0731. The van der Waals surface area contributed by atoms with E-state index in [1.807, 2.05) is 0 Å². The monoisotopic (exact) mass is 506 g/mol. The number of piperidine rings is 1. The van der Waals surface area contributed by atoms with E-state index in [-0.39, 0.29) is 11.7 Å². The van der Waals surface area contributed by atoms with E-state index in [0.717, 1.165) is 37.2 Å². The number of methoxy groups -OCH3 is 2. The zero-order chi connectivity index (χ0) is 25.9. The molecule has 8 nitrogen and oxygen atoms in total. The molecule has 0 N–H and O–H groups in total. The number of ether oxygens (including phenoxy) is 3. The zero-order valence-electron chi connectivity index (χ0n) is 21.4. The van der Waals surface area contributed by atoms with Crippen LogP contribution in [0.2, 0.25) is 0 Å². The van der Waals surface area contributed by atoms with Gasteiger partial charge in [0.2, 0.25) is 11.8 Å². The van der Waals surface area contributed by atoms with Gasteiger partial charge in [0.15, 0.2) is 0 Å². The Morgan fingerprint density at radius 2 is 1.62 bits per heavy atom. The Morgan fingerprint density at radius 3 is 2.27 bits per heavy atom. The number of carbonyl (C=O) groups is 1. The summed E-state index contributed by atoms with van der Waals surface area (Å²) < 4.78 is 30.3. The van der Waals surface area contributed by atoms with Crippen molar-refractivity contribution >= 4 is 11.9 Å². The van der Waals surface area contributed by atoms with Crippen LogP contribution in [0.25, 0.3) is 0 Å². The van der Waals surface area contributed by atoms with Crippen molar-refractivity contribution in [1.29, 1.82) is 0 Å². The van der Waals surface area contributed by atoms with Crippen molar-refractivity contribution in [3.8, 4) is 23.1 Å². The van der Waals surface area contributed by atoms with Gasteiger partial charge in [0.1, 0.15) is 23.1 Å². The van der Waals surface area contributed by atoms with E-state index in [0.29, 0.717) is 60.1 Å². The van der Waals surface area contributed by atoms with Crippen molar-refractivity contribution < 1.29 is 23.4 Å². The number of nitrogens with zero attached hydrogens (tertiary/aromatic N) is 4. The normalized spacial score (nSPS) is 15.8. The molecule has 9 heteroatoms. The molecule has 1 amide bonds. The van der Waals surface area contributed by atoms with Crippen molar-refractivity contribution in [3.05, 3.63) is 65.1 Å². The molecule has 0 bridgehead atoms. The number of amides is 1. The van der Waals surface area contributed by atoms with Gasteiger partial charge in [0, 0.05) is 37.7 Å². The van der Waals surface area contributed by atoms with Gasteiger partial charge >= 0.3 is 0 Å². The maximum Gasteiger partial charge on any atom is 0.254 e. The van der Waals surface area contributed by atoms with E-state index in [1.54, 1.807) is 49.5 Å². The molecule has 0 unspecified atom stereocenters. The van der Waals surface area contributed by atoms with Gasteiger partial charge in [-0.15, -0.1) is 0 Å². The lowest BCUT2D eigenvalue weighted by Crippen LogP contribution is -2.38. The van der Waals surface area contributed by atoms with Crippen LogP contribution in [0, 0.1) is 11.7 Å². The molecule has 2 aliphatic rings. The summed E-state index contributed by atoms with van der Waals surface area (Å²) in [5.74, 6) is 2.79. The molecule has 0 atom stereocenters. The first-order chi connectivity index (χ1) is 17.9. The fraction of sp³-hybridized carbons (Fsp3) is 0.393. The number of carbonyl (C=O) groups excluding carboxylic acids is 1. The molecule has 5 rings (SSSR count). The summed E-state index contributed by atoms with van der Waals surface area (Å²) in [5.41, 5.74) is 2.10. The second kappa shape index (κ2) is 10.6. The first kappa shape index (κ1) is 24.8. The van der Waals surface area contributed by atoms with E-state index < -0.39 is 0 Å². The third-order valence-corrected chi connectivity index (χ3v) is 6.99. The highest BCUT2D eigenvalue weighted by Crippen LogP contribution is 2.33. The minimum absolute atomic E-state index is 0.148. The number of fused-ring (bicyclic) bond motifs is 1. The average Bonchev–Trinajstić information content (AvgIpc) is 2.93. The van der Waals surface area contributed by atoms with Gasteiger partial charge in [-0.1, -0.05) is 6.92 Å². The largest absolute Gasteiger partial charge is 0.497 e. The van der Waals surface area contributed by atoms with Crippen LogP contribution in [0.4, 0.5) is 10.3 Å². The van der Waals surface area contributed by atoms with E-state index in [2.05, 4.69) is 11.8 Å². The molecule has 1 saturated heterocycles. The highest BCUT2D eigenvalue weighted by atomic mass is 19.1. The van der Waals surface area contributed by atoms with E-state index in [1.165, 1.54) is 12.1 Å². The van der Waals surface area contributed by atoms with Crippen LogP contribution in [0.1, 0.15) is 41.4 Å². The topological polar surface area (TPSA) is 77.0 Å². The Balaban J connectivity index is 1.47. The summed E-state index contributed by atoms with van der Waals surface area (Å²) in [6.07, 6.45) is 2.74. The first-order valence-electron chi connectivity index (χ1n) is 12.5. The number of anilines is 1. The molecular weight excluding hydrogens is 475 g/mol. The van der Waals surface area contributed by atoms with E-state index in [9.17, 15) is 9.18 Å². The highest BCUT2D eigenvalue weighted by Gasteiger charge is 2.29. The van der Waals surface area contributed by atoms with Crippen LogP contribution in [-0.4, -0.2) is 54.6 Å². The van der Waals surface area contributed by atoms with E-state index >= 15 is 0 Å². The number of halogens is 1. The van der Waals surface area contributed by atoms with Crippen molar-refractivity contribution in [2.24, 2.45) is 5.92 Å². The lowest BCUT2D eigenvalue weighted by Gasteiger charge is -2.33. The summed E-state index contributed by atoms with van der Waals surface area (Å²) in [6.45, 7) is 4.84. The third kappa shape index (κ3) is 5.45. The zero-order valence-corrected chi connectivity index (χ0v) is 21.4. The summed E-state index contributed by atoms with van der Waals surface area (Å²) in [5, 5.41) is 0. The minimum atomic E-state index is -0.342. The first-order valence-corrected chi connectivity index (χ1v) is 12.5. The van der Waals surface area contributed by atoms with Crippen LogP contribution in [0.5, 0.6) is 23.1 Å². The summed E-state index contributed by atoms with van der Waals surface area (Å²) in [6, 6.07) is 11.0. The van der Waals surface area contributed by atoms with Gasteiger partial charge in [-0.05, 0) is 55.2 Å². The van der Waals surface area contributed by atoms with Crippen molar-refractivity contribution in [3.63, 3.8) is 0 Å². The quantitative estimate of drug-likeness (QED) is 0.473. The molecule has 2 aromatic carbocycles. The van der Waals surface area contributed by atoms with Crippen molar-refractivity contribution in [2.75, 3.05) is 38.8 Å². The molecule has 3 heterocycles. The van der Waals surface area contributed by atoms with Gasteiger partial charge < -0.3 is 24.0 Å². The Bertz CT molecular complexity index is 1250. The average molecular weight is 507 g/mol. The van der Waals surface area contributed by atoms with Gasteiger partial charge in [0.25, 0.3) is 5.91 Å². The van der Waals surface area contributed by atoms with Crippen LogP contribution in [-0.2, 0) is 13.0 Å². The maximum absolute atomic E-state index is 13.5. The van der Waals surface area contributed by atoms with Crippen LogP contribution in [0.3, 0.4) is 0 Å². The third-order valence-electron chi connectivity index (χ3n) is 6.99. The highest BCUT2D eigenvalue weighted by molar-refractivity contribution is 5.95. The number of hydrogen-bond acceptors (Lipinski definition) is 7. The fourth-order valence-electron chi connectivity index (χ4n) is 4.71. The Kier molecular flexibility index (Phi) is 7.12. The van der Waals surface area contributed by atoms with Crippen LogP contribution >= 0.6 is 0 Å². The predicted molar refractivity (Wildman–Crippen MR) is 137 cm³/mol. The van der Waals surface area contributed by atoms with Gasteiger partial charge in [-0.2, -0.15) is 4.98 Å². The second-order valence-corrected chi connectivity index (χ2v) is 9.56. The molecule has 2 aliphatic heterocycles. The van der Waals surface area contributed by atoms with E-state index in [4.69, 9.17) is 24.2 Å². The summed E-state index contributed by atoms with van der Waals surface area (Å²) in [4.78, 5) is 27.1. The van der Waals surface area contributed by atoms with Gasteiger partial charge in [-0.3, -0.25) is 4.79 Å². The van der Waals surface area contributed by atoms with Crippen molar-refractivity contribution in [1.82, 2.24) is 14.9 Å². The lowest BCUT2D eigenvalue weighted by atomic mass is 9.99. The number of benzene rings is 2. The molecule has 0 aliphatic carbocycles. The number of rotatable bonds is 6. The Morgan fingerprint density at radius 1 is 0.946 bits per heavy atom. The maximum atomic E-state index is 13.5. The minimum Gasteiger partial charge on any atom is -0.497 e. The molecule has 1 fully saturated rings. The predicted octanol–water partition coefficient (Wildman–Crippen LogP) is 4.86. The van der Waals surface area contributed by atoms with Gasteiger partial charge in [0.05, 0.1) is 32.0 Å². The molecule has 0 saturated carbocycles. The summed E-state index contributed by atoms with van der Waals surface area (Å²) in [7, 11) is 3.11. The molecule has 1 aromatic heterocycles. The van der Waals surface area contributed by atoms with Crippen LogP contribution in [0.15, 0.2) is 42.5 Å². The molecular formula is C28H31FN4O4. The molecule has 0 spiro atoms.